The van der Waals surface area contributed by atoms with Crippen LogP contribution >= 0.6 is 27.5 Å². The van der Waals surface area contributed by atoms with E-state index in [1.165, 1.54) is 4.90 Å². The van der Waals surface area contributed by atoms with Crippen LogP contribution < -0.4 is 0 Å². The zero-order chi connectivity index (χ0) is 13.3. The normalized spacial score (nSPS) is 14.7. The number of benzene rings is 1. The van der Waals surface area contributed by atoms with E-state index in [1.54, 1.807) is 0 Å². The monoisotopic (exact) mass is 337 g/mol. The van der Waals surface area contributed by atoms with Crippen LogP contribution in [0.15, 0.2) is 16.6 Å². The first-order valence-electron chi connectivity index (χ1n) is 5.56. The molecular formula is C12H11BrClF2NO. The van der Waals surface area contributed by atoms with Crippen molar-refractivity contribution in [3.63, 3.8) is 0 Å². The first-order chi connectivity index (χ1) is 8.54. The molecule has 2 rings (SSSR count). The summed E-state index contributed by atoms with van der Waals surface area (Å²) in [5.74, 6) is -2.08. The first kappa shape index (κ1) is 13.7. The Morgan fingerprint density at radius 3 is 2.39 bits per heavy atom. The molecule has 98 valence electrons. The molecule has 1 aliphatic carbocycles. The van der Waals surface area contributed by atoms with E-state index in [-0.39, 0.29) is 16.4 Å². The second kappa shape index (κ2) is 5.53. The molecule has 0 saturated heterocycles. The Morgan fingerprint density at radius 2 is 1.94 bits per heavy atom. The largest absolute Gasteiger partial charge is 0.334 e. The van der Waals surface area contributed by atoms with Gasteiger partial charge in [-0.1, -0.05) is 15.9 Å². The van der Waals surface area contributed by atoms with Crippen LogP contribution in [0.5, 0.6) is 0 Å². The average molecular weight is 339 g/mol. The van der Waals surface area contributed by atoms with Crippen molar-refractivity contribution in [3.8, 4) is 0 Å². The molecule has 18 heavy (non-hydrogen) atoms. The second-order valence-corrected chi connectivity index (χ2v) is 5.46. The number of hydrogen-bond donors (Lipinski definition) is 0. The molecular weight excluding hydrogens is 327 g/mol. The number of alkyl halides is 1. The molecule has 0 unspecified atom stereocenters. The predicted molar refractivity (Wildman–Crippen MR) is 68.8 cm³/mol. The van der Waals surface area contributed by atoms with Crippen molar-refractivity contribution in [3.05, 3.63) is 33.8 Å². The van der Waals surface area contributed by atoms with Crippen LogP contribution in [0.2, 0.25) is 0 Å². The van der Waals surface area contributed by atoms with Crippen LogP contribution in [-0.4, -0.2) is 29.3 Å². The Bertz CT molecular complexity index is 456. The SMILES string of the molecule is O=C(c1c(F)cc(Br)cc1F)N(CCCl)C1CC1. The van der Waals surface area contributed by atoms with E-state index in [0.29, 0.717) is 6.54 Å². The fourth-order valence-electron chi connectivity index (χ4n) is 1.82. The summed E-state index contributed by atoms with van der Waals surface area (Å²) in [5, 5.41) is 0. The van der Waals surface area contributed by atoms with Gasteiger partial charge in [-0.25, -0.2) is 8.78 Å². The van der Waals surface area contributed by atoms with Gasteiger partial charge in [-0.15, -0.1) is 11.6 Å². The molecule has 2 nitrogen and oxygen atoms in total. The third-order valence-electron chi connectivity index (χ3n) is 2.79. The topological polar surface area (TPSA) is 20.3 Å². The van der Waals surface area contributed by atoms with E-state index in [9.17, 15) is 13.6 Å². The van der Waals surface area contributed by atoms with E-state index in [0.717, 1.165) is 25.0 Å². The standard InChI is InChI=1S/C12H11BrClF2NO/c13-7-5-9(15)11(10(16)6-7)12(18)17(4-3-14)8-1-2-8/h5-6,8H,1-4H2. The number of rotatable bonds is 4. The quantitative estimate of drug-likeness (QED) is 0.769. The maximum absolute atomic E-state index is 13.7. The van der Waals surface area contributed by atoms with Crippen molar-refractivity contribution >= 4 is 33.4 Å². The predicted octanol–water partition coefficient (Wildman–Crippen LogP) is 3.57. The van der Waals surface area contributed by atoms with Gasteiger partial charge in [0.1, 0.15) is 17.2 Å². The fourth-order valence-corrected chi connectivity index (χ4v) is 2.40. The fraction of sp³-hybridized carbons (Fsp3) is 0.417. The summed E-state index contributed by atoms with van der Waals surface area (Å²) < 4.78 is 27.7. The summed E-state index contributed by atoms with van der Waals surface area (Å²) in [7, 11) is 0. The van der Waals surface area contributed by atoms with Gasteiger partial charge in [0, 0.05) is 22.9 Å². The molecule has 0 bridgehead atoms. The molecule has 1 aromatic carbocycles. The molecule has 0 atom stereocenters. The smallest absolute Gasteiger partial charge is 0.260 e. The lowest BCUT2D eigenvalue weighted by atomic mass is 10.1. The van der Waals surface area contributed by atoms with Crippen LogP contribution in [0.4, 0.5) is 8.78 Å². The molecule has 0 heterocycles. The molecule has 0 N–H and O–H groups in total. The van der Waals surface area contributed by atoms with Gasteiger partial charge in [0.2, 0.25) is 0 Å². The van der Waals surface area contributed by atoms with Gasteiger partial charge in [0.15, 0.2) is 0 Å². The number of hydrogen-bond acceptors (Lipinski definition) is 1. The Kier molecular flexibility index (Phi) is 4.22. The van der Waals surface area contributed by atoms with Crippen molar-refractivity contribution in [2.24, 2.45) is 0 Å². The minimum Gasteiger partial charge on any atom is -0.334 e. The zero-order valence-corrected chi connectivity index (χ0v) is 11.8. The maximum Gasteiger partial charge on any atom is 0.260 e. The van der Waals surface area contributed by atoms with Crippen molar-refractivity contribution in [2.45, 2.75) is 18.9 Å². The summed E-state index contributed by atoms with van der Waals surface area (Å²) in [6.45, 7) is 0.306. The molecule has 1 aliphatic rings. The number of amides is 1. The first-order valence-corrected chi connectivity index (χ1v) is 6.89. The molecule has 0 radical (unpaired) electrons. The van der Waals surface area contributed by atoms with E-state index < -0.39 is 23.1 Å². The van der Waals surface area contributed by atoms with Gasteiger partial charge in [-0.05, 0) is 25.0 Å². The minimum atomic E-state index is -0.855. The lowest BCUT2D eigenvalue weighted by Gasteiger charge is -2.21. The molecule has 1 aromatic rings. The highest BCUT2D eigenvalue weighted by Gasteiger charge is 2.34. The second-order valence-electron chi connectivity index (χ2n) is 4.16. The molecule has 6 heteroatoms. The van der Waals surface area contributed by atoms with Gasteiger partial charge in [0.05, 0.1) is 0 Å². The van der Waals surface area contributed by atoms with Crippen LogP contribution in [0.3, 0.4) is 0 Å². The third kappa shape index (κ3) is 2.83. The number of halogens is 4. The lowest BCUT2D eigenvalue weighted by molar-refractivity contribution is 0.0744. The highest BCUT2D eigenvalue weighted by molar-refractivity contribution is 9.10. The Morgan fingerprint density at radius 1 is 1.39 bits per heavy atom. The molecule has 0 aliphatic heterocycles. The van der Waals surface area contributed by atoms with E-state index in [2.05, 4.69) is 15.9 Å². The molecule has 0 aromatic heterocycles. The summed E-state index contributed by atoms with van der Waals surface area (Å²) >= 11 is 8.59. The van der Waals surface area contributed by atoms with Gasteiger partial charge in [-0.3, -0.25) is 4.79 Å². The van der Waals surface area contributed by atoms with Crippen molar-refractivity contribution < 1.29 is 13.6 Å². The summed E-state index contributed by atoms with van der Waals surface area (Å²) in [4.78, 5) is 13.6. The number of nitrogens with zero attached hydrogens (tertiary/aromatic N) is 1. The van der Waals surface area contributed by atoms with E-state index >= 15 is 0 Å². The zero-order valence-electron chi connectivity index (χ0n) is 9.43. The van der Waals surface area contributed by atoms with Crippen LogP contribution in [0.1, 0.15) is 23.2 Å². The van der Waals surface area contributed by atoms with E-state index in [4.69, 9.17) is 11.6 Å². The highest BCUT2D eigenvalue weighted by Crippen LogP contribution is 2.30. The minimum absolute atomic E-state index is 0.0682. The maximum atomic E-state index is 13.7. The van der Waals surface area contributed by atoms with Crippen molar-refractivity contribution in [1.29, 1.82) is 0 Å². The molecule has 1 fully saturated rings. The number of carbonyl (C=O) groups excluding carboxylic acids is 1. The van der Waals surface area contributed by atoms with Crippen LogP contribution in [0, 0.1) is 11.6 Å². The van der Waals surface area contributed by atoms with Crippen molar-refractivity contribution in [2.75, 3.05) is 12.4 Å². The third-order valence-corrected chi connectivity index (χ3v) is 3.42. The Balaban J connectivity index is 2.32. The molecule has 1 saturated carbocycles. The van der Waals surface area contributed by atoms with E-state index in [1.807, 2.05) is 0 Å². The van der Waals surface area contributed by atoms with Gasteiger partial charge in [-0.2, -0.15) is 0 Å². The van der Waals surface area contributed by atoms with Gasteiger partial charge >= 0.3 is 0 Å². The van der Waals surface area contributed by atoms with Crippen LogP contribution in [0.25, 0.3) is 0 Å². The molecule has 1 amide bonds. The lowest BCUT2D eigenvalue weighted by Crippen LogP contribution is -2.35. The summed E-state index contributed by atoms with van der Waals surface area (Å²) in [5.41, 5.74) is -0.504. The highest BCUT2D eigenvalue weighted by atomic mass is 79.9. The Labute approximate surface area is 117 Å². The number of carbonyl (C=O) groups is 1. The van der Waals surface area contributed by atoms with Gasteiger partial charge in [0.25, 0.3) is 5.91 Å². The van der Waals surface area contributed by atoms with Crippen molar-refractivity contribution in [1.82, 2.24) is 4.90 Å². The van der Waals surface area contributed by atoms with Crippen LogP contribution in [-0.2, 0) is 0 Å². The Hall–Kier alpha value is -0.680. The van der Waals surface area contributed by atoms with Gasteiger partial charge < -0.3 is 4.90 Å². The summed E-state index contributed by atoms with van der Waals surface area (Å²) in [6.07, 6.45) is 1.73. The average Bonchev–Trinajstić information content (AvgIpc) is 3.07. The summed E-state index contributed by atoms with van der Waals surface area (Å²) in [6, 6.07) is 2.24. The molecule has 0 spiro atoms.